The van der Waals surface area contributed by atoms with E-state index in [1.54, 1.807) is 7.11 Å². The van der Waals surface area contributed by atoms with Crippen molar-refractivity contribution in [2.24, 2.45) is 0 Å². The lowest BCUT2D eigenvalue weighted by Gasteiger charge is -2.19. The molecule has 0 aromatic carbocycles. The zero-order valence-electron chi connectivity index (χ0n) is 8.78. The van der Waals surface area contributed by atoms with E-state index in [-0.39, 0.29) is 0 Å². The molecule has 0 radical (unpaired) electrons. The van der Waals surface area contributed by atoms with Crippen LogP contribution in [0.3, 0.4) is 0 Å². The van der Waals surface area contributed by atoms with Gasteiger partial charge in [0.05, 0.1) is 10.4 Å². The van der Waals surface area contributed by atoms with Crippen LogP contribution in [0.5, 0.6) is 0 Å². The number of nitrogens with zero attached hydrogens (tertiary/aromatic N) is 1. The van der Waals surface area contributed by atoms with E-state index >= 15 is 0 Å². The standard InChI is InChI=1S/C11H15BrNO2/c1-14-13-8-10(12)2-3-11(13)9-4-6-15-7-5-9/h2-3,8-9H,4-7H2,1H3/q+1. The average Bonchev–Trinajstić information content (AvgIpc) is 2.30. The zero-order chi connectivity index (χ0) is 10.7. The smallest absolute Gasteiger partial charge is 0.237 e. The lowest BCUT2D eigenvalue weighted by atomic mass is 9.96. The molecule has 2 rings (SSSR count). The maximum absolute atomic E-state index is 5.36. The minimum absolute atomic E-state index is 0.548. The van der Waals surface area contributed by atoms with Gasteiger partial charge in [-0.1, -0.05) is 0 Å². The van der Waals surface area contributed by atoms with E-state index in [1.165, 1.54) is 5.69 Å². The van der Waals surface area contributed by atoms with E-state index in [9.17, 15) is 0 Å². The number of pyridine rings is 1. The fourth-order valence-electron chi connectivity index (χ4n) is 1.94. The first-order chi connectivity index (χ1) is 7.31. The summed E-state index contributed by atoms with van der Waals surface area (Å²) in [6.45, 7) is 1.70. The average molecular weight is 273 g/mol. The predicted molar refractivity (Wildman–Crippen MR) is 59.6 cm³/mol. The Hall–Kier alpha value is -0.610. The molecule has 0 aliphatic carbocycles. The lowest BCUT2D eigenvalue weighted by molar-refractivity contribution is -0.891. The summed E-state index contributed by atoms with van der Waals surface area (Å²) >= 11 is 3.44. The Morgan fingerprint density at radius 3 is 2.80 bits per heavy atom. The van der Waals surface area contributed by atoms with Gasteiger partial charge < -0.3 is 4.74 Å². The molecule has 3 nitrogen and oxygen atoms in total. The first kappa shape index (κ1) is 10.9. The molecule has 1 aromatic rings. The van der Waals surface area contributed by atoms with Crippen molar-refractivity contribution in [3.05, 3.63) is 28.5 Å². The van der Waals surface area contributed by atoms with Crippen molar-refractivity contribution >= 4 is 15.9 Å². The summed E-state index contributed by atoms with van der Waals surface area (Å²) < 4.78 is 8.22. The van der Waals surface area contributed by atoms with Crippen LogP contribution in [0, 0.1) is 0 Å². The van der Waals surface area contributed by atoms with Crippen molar-refractivity contribution in [3.63, 3.8) is 0 Å². The molecule has 1 aromatic heterocycles. The molecule has 2 heterocycles. The third kappa shape index (κ3) is 2.49. The van der Waals surface area contributed by atoms with Crippen molar-refractivity contribution < 1.29 is 14.3 Å². The van der Waals surface area contributed by atoms with Crippen LogP contribution in [0.4, 0.5) is 0 Å². The maximum atomic E-state index is 5.36. The number of halogens is 1. The number of hydrogen-bond acceptors (Lipinski definition) is 2. The van der Waals surface area contributed by atoms with Crippen LogP contribution < -0.4 is 9.57 Å². The van der Waals surface area contributed by atoms with Crippen LogP contribution >= 0.6 is 15.9 Å². The first-order valence-corrected chi connectivity index (χ1v) is 5.94. The Morgan fingerprint density at radius 1 is 1.40 bits per heavy atom. The van der Waals surface area contributed by atoms with Crippen molar-refractivity contribution in [3.8, 4) is 0 Å². The van der Waals surface area contributed by atoms with Crippen LogP contribution in [0.2, 0.25) is 0 Å². The fraction of sp³-hybridized carbons (Fsp3) is 0.545. The Balaban J connectivity index is 2.25. The largest absolute Gasteiger partial charge is 0.381 e. The van der Waals surface area contributed by atoms with E-state index in [0.29, 0.717) is 5.92 Å². The van der Waals surface area contributed by atoms with Gasteiger partial charge in [0.2, 0.25) is 11.9 Å². The fourth-order valence-corrected chi connectivity index (χ4v) is 2.25. The monoisotopic (exact) mass is 272 g/mol. The molecular formula is C11H15BrNO2+. The number of rotatable bonds is 2. The second kappa shape index (κ2) is 4.94. The van der Waals surface area contributed by atoms with Crippen LogP contribution in [-0.2, 0) is 4.74 Å². The highest BCUT2D eigenvalue weighted by molar-refractivity contribution is 9.10. The van der Waals surface area contributed by atoms with Crippen molar-refractivity contribution in [2.45, 2.75) is 18.8 Å². The molecule has 1 aliphatic rings. The summed E-state index contributed by atoms with van der Waals surface area (Å²) in [5.74, 6) is 0.548. The Morgan fingerprint density at radius 2 is 2.13 bits per heavy atom. The van der Waals surface area contributed by atoms with E-state index < -0.39 is 0 Å². The second-order valence-electron chi connectivity index (χ2n) is 3.67. The molecule has 1 aliphatic heterocycles. The highest BCUT2D eigenvalue weighted by Gasteiger charge is 2.25. The molecule has 0 spiro atoms. The van der Waals surface area contributed by atoms with E-state index in [2.05, 4.69) is 28.1 Å². The molecule has 0 amide bonds. The summed E-state index contributed by atoms with van der Waals surface area (Å²) in [6.07, 6.45) is 4.10. The van der Waals surface area contributed by atoms with Gasteiger partial charge in [0.25, 0.3) is 0 Å². The molecule has 0 N–H and O–H groups in total. The van der Waals surface area contributed by atoms with Crippen LogP contribution in [0.1, 0.15) is 24.5 Å². The molecule has 15 heavy (non-hydrogen) atoms. The van der Waals surface area contributed by atoms with Gasteiger partial charge in [0, 0.05) is 24.0 Å². The normalized spacial score (nSPS) is 17.7. The van der Waals surface area contributed by atoms with E-state index in [0.717, 1.165) is 30.5 Å². The van der Waals surface area contributed by atoms with Gasteiger partial charge in [-0.05, 0) is 34.8 Å². The Labute approximate surface area is 98.1 Å². The maximum Gasteiger partial charge on any atom is 0.237 e. The second-order valence-corrected chi connectivity index (χ2v) is 4.58. The molecule has 4 heteroatoms. The number of ether oxygens (including phenoxy) is 1. The molecule has 0 saturated carbocycles. The number of aromatic nitrogens is 1. The van der Waals surface area contributed by atoms with Gasteiger partial charge in [0.1, 0.15) is 7.11 Å². The summed E-state index contributed by atoms with van der Waals surface area (Å²) in [4.78, 5) is 5.33. The summed E-state index contributed by atoms with van der Waals surface area (Å²) in [5.41, 5.74) is 1.23. The predicted octanol–water partition coefficient (Wildman–Crippen LogP) is 1.69. The molecule has 1 fully saturated rings. The SMILES string of the molecule is CO[n+]1cc(Br)ccc1C1CCOCC1. The van der Waals surface area contributed by atoms with Gasteiger partial charge >= 0.3 is 0 Å². The lowest BCUT2D eigenvalue weighted by Crippen LogP contribution is -2.45. The molecule has 0 bridgehead atoms. The zero-order valence-corrected chi connectivity index (χ0v) is 10.4. The Bertz CT molecular complexity index is 337. The van der Waals surface area contributed by atoms with Gasteiger partial charge in [-0.2, -0.15) is 0 Å². The van der Waals surface area contributed by atoms with Gasteiger partial charge in [-0.15, -0.1) is 0 Å². The van der Waals surface area contributed by atoms with Gasteiger partial charge in [0.15, 0.2) is 0 Å². The van der Waals surface area contributed by atoms with Crippen LogP contribution in [0.25, 0.3) is 0 Å². The van der Waals surface area contributed by atoms with E-state index in [1.807, 2.05) is 10.9 Å². The minimum atomic E-state index is 0.548. The summed E-state index contributed by atoms with van der Waals surface area (Å²) in [7, 11) is 1.69. The molecule has 0 atom stereocenters. The topological polar surface area (TPSA) is 22.3 Å². The van der Waals surface area contributed by atoms with Crippen molar-refractivity contribution in [1.82, 2.24) is 0 Å². The molecule has 0 unspecified atom stereocenters. The molecule has 82 valence electrons. The quantitative estimate of drug-likeness (QED) is 0.765. The molecule has 1 saturated heterocycles. The minimum Gasteiger partial charge on any atom is -0.381 e. The van der Waals surface area contributed by atoms with Gasteiger partial charge in [-0.3, -0.25) is 4.84 Å². The third-order valence-electron chi connectivity index (χ3n) is 2.74. The summed E-state index contributed by atoms with van der Waals surface area (Å²) in [6, 6.07) is 4.17. The summed E-state index contributed by atoms with van der Waals surface area (Å²) in [5, 5.41) is 0. The van der Waals surface area contributed by atoms with Crippen molar-refractivity contribution in [1.29, 1.82) is 0 Å². The Kier molecular flexibility index (Phi) is 3.59. The van der Waals surface area contributed by atoms with Gasteiger partial charge in [-0.25, -0.2) is 0 Å². The number of hydrogen-bond donors (Lipinski definition) is 0. The highest BCUT2D eigenvalue weighted by Crippen LogP contribution is 2.24. The third-order valence-corrected chi connectivity index (χ3v) is 3.21. The van der Waals surface area contributed by atoms with E-state index in [4.69, 9.17) is 9.57 Å². The van der Waals surface area contributed by atoms with Crippen LogP contribution in [-0.4, -0.2) is 20.3 Å². The highest BCUT2D eigenvalue weighted by atomic mass is 79.9. The first-order valence-electron chi connectivity index (χ1n) is 5.14. The van der Waals surface area contributed by atoms with Crippen LogP contribution in [0.15, 0.2) is 22.8 Å². The van der Waals surface area contributed by atoms with Crippen molar-refractivity contribution in [2.75, 3.05) is 20.3 Å². The molecular weight excluding hydrogens is 258 g/mol.